The lowest BCUT2D eigenvalue weighted by Crippen LogP contribution is -2.50. The maximum Gasteiger partial charge on any atom is 0.405 e. The van der Waals surface area contributed by atoms with E-state index in [2.05, 4.69) is 39.0 Å². The zero-order valence-corrected chi connectivity index (χ0v) is 37.0. The molecule has 336 valence electrons. The van der Waals surface area contributed by atoms with Gasteiger partial charge in [0.15, 0.2) is 0 Å². The fourth-order valence-electron chi connectivity index (χ4n) is 10.1. The third-order valence-corrected chi connectivity index (χ3v) is 13.5. The van der Waals surface area contributed by atoms with Crippen LogP contribution in [0.2, 0.25) is 0 Å². The van der Waals surface area contributed by atoms with Crippen LogP contribution in [0.4, 0.5) is 13.6 Å². The van der Waals surface area contributed by atoms with Gasteiger partial charge < -0.3 is 30.2 Å². The van der Waals surface area contributed by atoms with Crippen molar-refractivity contribution in [2.24, 2.45) is 5.92 Å². The summed E-state index contributed by atoms with van der Waals surface area (Å²) in [5.41, 5.74) is 6.04. The van der Waals surface area contributed by atoms with E-state index < -0.39 is 24.1 Å². The summed E-state index contributed by atoms with van der Waals surface area (Å²) in [6.45, 7) is 10.4. The maximum absolute atomic E-state index is 16.5. The molecule has 1 aliphatic carbocycles. The van der Waals surface area contributed by atoms with Crippen LogP contribution < -0.4 is 5.32 Å². The maximum atomic E-state index is 16.5. The van der Waals surface area contributed by atoms with E-state index in [4.69, 9.17) is 4.98 Å². The molecule has 14 heteroatoms. The van der Waals surface area contributed by atoms with Crippen LogP contribution in [-0.2, 0) is 15.5 Å². The van der Waals surface area contributed by atoms with Crippen LogP contribution >= 0.6 is 0 Å². The zero-order chi connectivity index (χ0) is 45.6. The second-order valence-corrected chi connectivity index (χ2v) is 17.6. The number of carbonyl (C=O) groups is 3. The van der Waals surface area contributed by atoms with Crippen molar-refractivity contribution >= 4 is 17.9 Å². The largest absolute Gasteiger partial charge is 0.465 e. The number of H-pyrrole nitrogens is 2. The van der Waals surface area contributed by atoms with Crippen LogP contribution in [0.1, 0.15) is 99.8 Å². The molecule has 0 radical (unpaired) electrons. The van der Waals surface area contributed by atoms with Gasteiger partial charge in [-0.2, -0.15) is 8.78 Å². The first-order chi connectivity index (χ1) is 31.4. The minimum absolute atomic E-state index is 0.0596. The predicted molar refractivity (Wildman–Crippen MR) is 245 cm³/mol. The molecule has 4 atom stereocenters. The predicted octanol–water partition coefficient (Wildman–Crippen LogP) is 9.96. The van der Waals surface area contributed by atoms with Crippen molar-refractivity contribution in [1.82, 2.24) is 40.0 Å². The average Bonchev–Trinajstić information content (AvgIpc) is 4.18. The summed E-state index contributed by atoms with van der Waals surface area (Å²) in [5, 5.41) is 11.7. The molecule has 4 aromatic carbocycles. The van der Waals surface area contributed by atoms with Crippen molar-refractivity contribution in [2.45, 2.75) is 83.5 Å². The topological polar surface area (TPSA) is 151 Å². The zero-order valence-electron chi connectivity index (χ0n) is 37.0. The number of aromatic nitrogens is 4. The molecule has 2 fully saturated rings. The number of aromatic amines is 2. The lowest BCUT2D eigenvalue weighted by molar-refractivity contribution is -0.138. The van der Waals surface area contributed by atoms with Crippen LogP contribution in [0.5, 0.6) is 0 Å². The van der Waals surface area contributed by atoms with E-state index in [1.54, 1.807) is 55.4 Å². The van der Waals surface area contributed by atoms with E-state index in [9.17, 15) is 19.5 Å². The van der Waals surface area contributed by atoms with E-state index in [0.29, 0.717) is 53.3 Å². The van der Waals surface area contributed by atoms with Gasteiger partial charge in [0.25, 0.3) is 5.92 Å². The molecule has 6 aromatic rings. The highest BCUT2D eigenvalue weighted by molar-refractivity contribution is 5.87. The van der Waals surface area contributed by atoms with Gasteiger partial charge in [0.2, 0.25) is 11.8 Å². The first-order valence-electron chi connectivity index (χ1n) is 22.7. The third kappa shape index (κ3) is 8.09. The number of halogens is 2. The van der Waals surface area contributed by atoms with E-state index in [0.717, 1.165) is 60.6 Å². The van der Waals surface area contributed by atoms with Crippen molar-refractivity contribution in [3.8, 4) is 44.8 Å². The Labute approximate surface area is 377 Å². The second kappa shape index (κ2) is 17.7. The number of carboxylic acid groups (broad SMARTS) is 1. The van der Waals surface area contributed by atoms with Crippen molar-refractivity contribution in [3.05, 3.63) is 132 Å². The van der Waals surface area contributed by atoms with Crippen molar-refractivity contribution in [3.63, 3.8) is 0 Å². The molecule has 2 unspecified atom stereocenters. The molecular formula is C51H54F2N8O4. The van der Waals surface area contributed by atoms with E-state index in [1.165, 1.54) is 6.07 Å². The number of nitrogens with zero attached hydrogens (tertiary/aromatic N) is 5. The van der Waals surface area contributed by atoms with Crippen molar-refractivity contribution in [2.75, 3.05) is 26.2 Å². The Morgan fingerprint density at radius 1 is 0.738 bits per heavy atom. The number of fused-ring (bicyclic) bond motifs is 3. The van der Waals surface area contributed by atoms with Gasteiger partial charge in [-0.1, -0.05) is 107 Å². The number of alkyl halides is 2. The van der Waals surface area contributed by atoms with Gasteiger partial charge in [0.1, 0.15) is 23.7 Å². The molecule has 2 aromatic heterocycles. The summed E-state index contributed by atoms with van der Waals surface area (Å²) >= 11 is 0. The lowest BCUT2D eigenvalue weighted by atomic mass is 9.97. The summed E-state index contributed by atoms with van der Waals surface area (Å²) in [5.74, 6) is -2.47. The van der Waals surface area contributed by atoms with E-state index >= 15 is 8.78 Å². The normalized spacial score (nSPS) is 18.5. The summed E-state index contributed by atoms with van der Waals surface area (Å²) < 4.78 is 33.0. The minimum atomic E-state index is -3.26. The number of likely N-dealkylation sites (tertiary alicyclic amines) is 2. The Hall–Kier alpha value is -6.67. The first kappa shape index (κ1) is 43.6. The highest BCUT2D eigenvalue weighted by Gasteiger charge is 2.45. The average molecular weight is 881 g/mol. The number of hydrogen-bond donors (Lipinski definition) is 4. The minimum Gasteiger partial charge on any atom is -0.465 e. The molecule has 2 saturated heterocycles. The van der Waals surface area contributed by atoms with Gasteiger partial charge in [-0.05, 0) is 90.2 Å². The molecule has 12 nitrogen and oxygen atoms in total. The fraction of sp³-hybridized carbons (Fsp3) is 0.353. The van der Waals surface area contributed by atoms with Gasteiger partial charge in [0.05, 0.1) is 35.9 Å². The molecule has 4 heterocycles. The van der Waals surface area contributed by atoms with Gasteiger partial charge in [-0.3, -0.25) is 14.5 Å². The van der Waals surface area contributed by atoms with Crippen LogP contribution in [0, 0.1) is 5.92 Å². The first-order valence-corrected chi connectivity index (χ1v) is 22.7. The highest BCUT2D eigenvalue weighted by atomic mass is 19.3. The molecule has 0 bridgehead atoms. The monoisotopic (exact) mass is 880 g/mol. The number of amides is 3. The molecule has 9 rings (SSSR count). The number of hydrogen-bond acceptors (Lipinski definition) is 6. The van der Waals surface area contributed by atoms with Gasteiger partial charge in [0, 0.05) is 29.8 Å². The number of carbonyl (C=O) groups excluding carboxylic acids is 2. The summed E-state index contributed by atoms with van der Waals surface area (Å²) in [4.78, 5) is 61.1. The number of rotatable bonds is 13. The highest BCUT2D eigenvalue weighted by Crippen LogP contribution is 2.53. The summed E-state index contributed by atoms with van der Waals surface area (Å²) in [7, 11) is 0. The van der Waals surface area contributed by atoms with E-state index in [-0.39, 0.29) is 40.9 Å². The second-order valence-electron chi connectivity index (χ2n) is 17.6. The molecule has 3 amide bonds. The van der Waals surface area contributed by atoms with Crippen molar-refractivity contribution < 1.29 is 28.3 Å². The van der Waals surface area contributed by atoms with Crippen LogP contribution in [-0.4, -0.2) is 89.9 Å². The molecular weight excluding hydrogens is 827 g/mol. The Morgan fingerprint density at radius 3 is 1.80 bits per heavy atom. The van der Waals surface area contributed by atoms with Crippen LogP contribution in [0.3, 0.4) is 0 Å². The molecule has 0 saturated carbocycles. The van der Waals surface area contributed by atoms with Gasteiger partial charge >= 0.3 is 6.09 Å². The van der Waals surface area contributed by atoms with E-state index in [1.807, 2.05) is 65.6 Å². The molecule has 0 spiro atoms. The molecule has 3 aliphatic rings. The van der Waals surface area contributed by atoms with Crippen LogP contribution in [0.15, 0.2) is 103 Å². The Morgan fingerprint density at radius 2 is 1.25 bits per heavy atom. The molecule has 65 heavy (non-hydrogen) atoms. The Kier molecular flexibility index (Phi) is 11.9. The Bertz CT molecular complexity index is 2710. The summed E-state index contributed by atoms with van der Waals surface area (Å²) in [6, 6.07) is 26.1. The van der Waals surface area contributed by atoms with Crippen LogP contribution in [0.25, 0.3) is 44.8 Å². The van der Waals surface area contributed by atoms with Crippen molar-refractivity contribution in [1.29, 1.82) is 0 Å². The fourth-order valence-corrected chi connectivity index (χ4v) is 10.1. The van der Waals surface area contributed by atoms with Gasteiger partial charge in [-0.25, -0.2) is 14.8 Å². The number of likely N-dealkylation sites (N-methyl/N-ethyl adjacent to an activating group) is 1. The Balaban J connectivity index is 0.904. The standard InChI is InChI=1S/C51H54F2N8O4/c1-5-59(6-2)45(33-12-8-7-9-13-33)49(63)61-25-11-15-43(61)47-54-28-40(56-47)32-18-16-31(17-19-32)34-20-22-36-37-23-21-35(27-39(37)51(52,53)38(36)26-34)41-29-55-46(57-41)42-14-10-24-60(42)48(62)44(30(3)4)58-50(64)65/h7-9,12-13,16-23,26-30,42-45,58H,5-6,10-11,14-15,24-25H2,1-4H3,(H,54,56)(H,55,57)(H,64,65)/t42-,43-,44?,45?/m0/s1. The van der Waals surface area contributed by atoms with Gasteiger partial charge in [-0.15, -0.1) is 0 Å². The lowest BCUT2D eigenvalue weighted by Gasteiger charge is -2.34. The number of imidazole rings is 2. The smallest absolute Gasteiger partial charge is 0.405 e. The quantitative estimate of drug-likeness (QED) is 0.0902. The summed E-state index contributed by atoms with van der Waals surface area (Å²) in [6.07, 6.45) is 5.20. The number of benzene rings is 4. The molecule has 2 aliphatic heterocycles. The number of nitrogens with one attached hydrogen (secondary N) is 3. The SMILES string of the molecule is CCN(CC)C(C(=O)N1CCC[C@H]1c1ncc(-c2ccc(-c3ccc4c(c3)C(F)(F)c3cc(-c5cnc([C@@H]6CCCN6C(=O)C(NC(=O)O)C(C)C)[nH]5)ccc3-4)cc2)[nH]1)c1ccccc1. The molecule has 4 N–H and O–H groups in total. The third-order valence-electron chi connectivity index (χ3n) is 13.5.